The number of benzene rings is 2. The minimum Gasteiger partial charge on any atom is -0.397 e. The number of nitrogens with two attached hydrogens (primary N) is 1. The van der Waals surface area contributed by atoms with E-state index in [1.807, 2.05) is 13.0 Å². The molecular weight excluding hydrogens is 248 g/mol. The summed E-state index contributed by atoms with van der Waals surface area (Å²) in [5.74, 6) is -0.206. The second kappa shape index (κ2) is 5.10. The molecule has 0 spiro atoms. The van der Waals surface area contributed by atoms with Crippen molar-refractivity contribution in [1.82, 2.24) is 0 Å². The Balaban J connectivity index is 2.25. The Labute approximate surface area is 111 Å². The maximum absolute atomic E-state index is 12.0. The zero-order chi connectivity index (χ0) is 13.1. The molecule has 2 aromatic rings. The number of amides is 1. The van der Waals surface area contributed by atoms with Crippen molar-refractivity contribution in [3.63, 3.8) is 0 Å². The van der Waals surface area contributed by atoms with Crippen molar-refractivity contribution in [2.24, 2.45) is 0 Å². The highest BCUT2D eigenvalue weighted by atomic mass is 35.5. The highest BCUT2D eigenvalue weighted by molar-refractivity contribution is 6.32. The van der Waals surface area contributed by atoms with Crippen LogP contribution in [0.5, 0.6) is 0 Å². The Kier molecular flexibility index (Phi) is 3.53. The molecule has 0 unspecified atom stereocenters. The van der Waals surface area contributed by atoms with E-state index in [9.17, 15) is 4.79 Å². The maximum Gasteiger partial charge on any atom is 0.255 e. The molecule has 0 bridgehead atoms. The lowest BCUT2D eigenvalue weighted by molar-refractivity contribution is 0.102. The molecule has 3 N–H and O–H groups in total. The summed E-state index contributed by atoms with van der Waals surface area (Å²) >= 11 is 6.01. The number of hydrogen-bond acceptors (Lipinski definition) is 2. The number of carbonyl (C=O) groups is 1. The molecule has 0 aromatic heterocycles. The molecule has 0 aliphatic heterocycles. The van der Waals surface area contributed by atoms with Gasteiger partial charge in [0.05, 0.1) is 11.4 Å². The minimum atomic E-state index is -0.206. The zero-order valence-corrected chi connectivity index (χ0v) is 10.7. The number of hydrogen-bond donors (Lipinski definition) is 2. The van der Waals surface area contributed by atoms with E-state index in [1.54, 1.807) is 36.4 Å². The average molecular weight is 261 g/mol. The fraction of sp³-hybridized carbons (Fsp3) is 0.0714. The Morgan fingerprint density at radius 3 is 2.56 bits per heavy atom. The normalized spacial score (nSPS) is 10.1. The summed E-state index contributed by atoms with van der Waals surface area (Å²) in [5, 5.41) is 3.32. The molecular formula is C14H13ClN2O. The lowest BCUT2D eigenvalue weighted by Gasteiger charge is -2.10. The number of anilines is 2. The van der Waals surface area contributed by atoms with E-state index in [0.717, 1.165) is 5.56 Å². The Morgan fingerprint density at radius 2 is 1.89 bits per heavy atom. The monoisotopic (exact) mass is 260 g/mol. The Bertz CT molecular complexity index is 582. The SMILES string of the molecule is Cc1cc(N)c(NC(=O)c2ccccc2)cc1Cl. The van der Waals surface area contributed by atoms with Crippen LogP contribution in [0.15, 0.2) is 42.5 Å². The highest BCUT2D eigenvalue weighted by Gasteiger charge is 2.09. The molecule has 0 saturated carbocycles. The van der Waals surface area contributed by atoms with Crippen LogP contribution in [0.3, 0.4) is 0 Å². The molecule has 0 aliphatic rings. The number of nitrogens with one attached hydrogen (secondary N) is 1. The molecule has 0 fully saturated rings. The molecule has 1 amide bonds. The van der Waals surface area contributed by atoms with E-state index in [4.69, 9.17) is 17.3 Å². The lowest BCUT2D eigenvalue weighted by atomic mass is 10.1. The van der Waals surface area contributed by atoms with Crippen molar-refractivity contribution in [3.05, 3.63) is 58.6 Å². The molecule has 0 heterocycles. The third kappa shape index (κ3) is 2.63. The lowest BCUT2D eigenvalue weighted by Crippen LogP contribution is -2.13. The minimum absolute atomic E-state index is 0.206. The van der Waals surface area contributed by atoms with Crippen molar-refractivity contribution >= 4 is 28.9 Å². The summed E-state index contributed by atoms with van der Waals surface area (Å²) in [7, 11) is 0. The number of carbonyl (C=O) groups excluding carboxylic acids is 1. The maximum atomic E-state index is 12.0. The summed E-state index contributed by atoms with van der Waals surface area (Å²) in [4.78, 5) is 12.0. The fourth-order valence-electron chi connectivity index (χ4n) is 1.60. The topological polar surface area (TPSA) is 55.1 Å². The smallest absolute Gasteiger partial charge is 0.255 e. The van der Waals surface area contributed by atoms with Crippen molar-refractivity contribution < 1.29 is 4.79 Å². The van der Waals surface area contributed by atoms with Gasteiger partial charge in [-0.3, -0.25) is 4.79 Å². The van der Waals surface area contributed by atoms with Gasteiger partial charge in [-0.2, -0.15) is 0 Å². The third-order valence-corrected chi connectivity index (χ3v) is 3.02. The van der Waals surface area contributed by atoms with Crippen LogP contribution in [0, 0.1) is 6.92 Å². The molecule has 2 aromatic carbocycles. The number of nitrogen functional groups attached to an aromatic ring is 1. The van der Waals surface area contributed by atoms with Gasteiger partial charge < -0.3 is 11.1 Å². The van der Waals surface area contributed by atoms with Gasteiger partial charge in [-0.25, -0.2) is 0 Å². The standard InChI is InChI=1S/C14H13ClN2O/c1-9-7-12(16)13(8-11(9)15)17-14(18)10-5-3-2-4-6-10/h2-8H,16H2,1H3,(H,17,18). The average Bonchev–Trinajstić information content (AvgIpc) is 2.37. The van der Waals surface area contributed by atoms with Crippen LogP contribution in [0.2, 0.25) is 5.02 Å². The summed E-state index contributed by atoms with van der Waals surface area (Å²) in [5.41, 5.74) is 8.33. The first-order valence-corrected chi connectivity index (χ1v) is 5.88. The number of rotatable bonds is 2. The molecule has 4 heteroatoms. The molecule has 0 atom stereocenters. The second-order valence-corrected chi connectivity index (χ2v) is 4.42. The van der Waals surface area contributed by atoms with Crippen LogP contribution < -0.4 is 11.1 Å². The van der Waals surface area contributed by atoms with Crippen molar-refractivity contribution in [2.75, 3.05) is 11.1 Å². The summed E-state index contributed by atoms with van der Waals surface area (Å²) in [6, 6.07) is 12.3. The van der Waals surface area contributed by atoms with Gasteiger partial charge in [0.25, 0.3) is 5.91 Å². The molecule has 0 aliphatic carbocycles. The molecule has 3 nitrogen and oxygen atoms in total. The van der Waals surface area contributed by atoms with E-state index >= 15 is 0 Å². The van der Waals surface area contributed by atoms with Gasteiger partial charge in [-0.15, -0.1) is 0 Å². The Morgan fingerprint density at radius 1 is 1.22 bits per heavy atom. The first-order valence-electron chi connectivity index (χ1n) is 5.50. The summed E-state index contributed by atoms with van der Waals surface area (Å²) in [6.07, 6.45) is 0. The third-order valence-electron chi connectivity index (χ3n) is 2.61. The first-order chi connectivity index (χ1) is 8.58. The van der Waals surface area contributed by atoms with Gasteiger partial charge in [0.1, 0.15) is 0 Å². The molecule has 2 rings (SSSR count). The summed E-state index contributed by atoms with van der Waals surface area (Å²) in [6.45, 7) is 1.86. The van der Waals surface area contributed by atoms with Gasteiger partial charge in [0.15, 0.2) is 0 Å². The largest absolute Gasteiger partial charge is 0.397 e. The van der Waals surface area contributed by atoms with Crippen LogP contribution in [-0.2, 0) is 0 Å². The Hall–Kier alpha value is -2.00. The van der Waals surface area contributed by atoms with Gasteiger partial charge in [0, 0.05) is 10.6 Å². The van der Waals surface area contributed by atoms with Gasteiger partial charge in [0.2, 0.25) is 0 Å². The van der Waals surface area contributed by atoms with Gasteiger partial charge in [-0.1, -0.05) is 29.8 Å². The second-order valence-electron chi connectivity index (χ2n) is 4.01. The summed E-state index contributed by atoms with van der Waals surface area (Å²) < 4.78 is 0. The van der Waals surface area contributed by atoms with E-state index in [2.05, 4.69) is 5.32 Å². The molecule has 0 radical (unpaired) electrons. The molecule has 18 heavy (non-hydrogen) atoms. The van der Waals surface area contributed by atoms with E-state index < -0.39 is 0 Å². The van der Waals surface area contributed by atoms with E-state index in [1.165, 1.54) is 0 Å². The van der Waals surface area contributed by atoms with E-state index in [0.29, 0.717) is 22.0 Å². The first kappa shape index (κ1) is 12.5. The predicted molar refractivity (Wildman–Crippen MR) is 75.0 cm³/mol. The van der Waals surface area contributed by atoms with Crippen molar-refractivity contribution in [3.8, 4) is 0 Å². The molecule has 92 valence electrons. The zero-order valence-electron chi connectivity index (χ0n) is 9.91. The van der Waals surface area contributed by atoms with E-state index in [-0.39, 0.29) is 5.91 Å². The number of aryl methyl sites for hydroxylation is 1. The van der Waals surface area contributed by atoms with Crippen molar-refractivity contribution in [2.45, 2.75) is 6.92 Å². The predicted octanol–water partition coefficient (Wildman–Crippen LogP) is 3.48. The molecule has 0 saturated heterocycles. The van der Waals surface area contributed by atoms with Gasteiger partial charge in [-0.05, 0) is 36.8 Å². The van der Waals surface area contributed by atoms with Crippen molar-refractivity contribution in [1.29, 1.82) is 0 Å². The number of halogens is 1. The van der Waals surface area contributed by atoms with Crippen LogP contribution in [0.1, 0.15) is 15.9 Å². The van der Waals surface area contributed by atoms with Crippen LogP contribution in [0.25, 0.3) is 0 Å². The highest BCUT2D eigenvalue weighted by Crippen LogP contribution is 2.27. The van der Waals surface area contributed by atoms with Crippen LogP contribution >= 0.6 is 11.6 Å². The quantitative estimate of drug-likeness (QED) is 0.812. The van der Waals surface area contributed by atoms with Gasteiger partial charge >= 0.3 is 0 Å². The fourth-order valence-corrected chi connectivity index (χ4v) is 1.76. The van der Waals surface area contributed by atoms with Crippen LogP contribution in [0.4, 0.5) is 11.4 Å². The van der Waals surface area contributed by atoms with Crippen LogP contribution in [-0.4, -0.2) is 5.91 Å².